The normalized spacial score (nSPS) is 34.7. The van der Waals surface area contributed by atoms with Crippen molar-refractivity contribution in [1.82, 2.24) is 4.90 Å². The molecule has 2 aliphatic rings. The van der Waals surface area contributed by atoms with Gasteiger partial charge in [-0.3, -0.25) is 0 Å². The van der Waals surface area contributed by atoms with Crippen molar-refractivity contribution in [1.29, 1.82) is 0 Å². The first-order valence-corrected chi connectivity index (χ1v) is 8.25. The third kappa shape index (κ3) is 3.71. The van der Waals surface area contributed by atoms with Gasteiger partial charge in [-0.15, -0.1) is 0 Å². The van der Waals surface area contributed by atoms with Crippen LogP contribution in [-0.2, 0) is 0 Å². The van der Waals surface area contributed by atoms with Crippen molar-refractivity contribution in [2.75, 3.05) is 13.1 Å². The molecule has 0 spiro atoms. The first kappa shape index (κ1) is 14.3. The maximum absolute atomic E-state index is 10.3. The van der Waals surface area contributed by atoms with Crippen LogP contribution in [0.25, 0.3) is 0 Å². The zero-order valence-electron chi connectivity index (χ0n) is 12.1. The summed E-state index contributed by atoms with van der Waals surface area (Å²) < 4.78 is 0. The zero-order valence-corrected chi connectivity index (χ0v) is 12.1. The predicted molar refractivity (Wildman–Crippen MR) is 76.7 cm³/mol. The van der Waals surface area contributed by atoms with Crippen LogP contribution in [0.5, 0.6) is 0 Å². The third-order valence-electron chi connectivity index (χ3n) is 4.99. The van der Waals surface area contributed by atoms with Crippen LogP contribution < -0.4 is 0 Å². The molecule has 18 heavy (non-hydrogen) atoms. The molecule has 0 radical (unpaired) electrons. The number of hydrogen-bond acceptors (Lipinski definition) is 2. The average Bonchev–Trinajstić information content (AvgIpc) is 2.40. The standard InChI is InChI=1S/C16H31NO/c1-2-3-7-12-17-13-8-6-10-15(17)14-9-4-5-11-16(14)18/h14-16,18H,2-13H2,1H3. The van der Waals surface area contributed by atoms with E-state index in [9.17, 15) is 5.11 Å². The molecular formula is C16H31NO. The highest BCUT2D eigenvalue weighted by Crippen LogP contribution is 2.34. The number of aliphatic hydroxyl groups excluding tert-OH is 1. The van der Waals surface area contributed by atoms with Crippen LogP contribution in [-0.4, -0.2) is 35.2 Å². The number of aliphatic hydroxyl groups is 1. The van der Waals surface area contributed by atoms with Crippen LogP contribution in [0, 0.1) is 5.92 Å². The number of likely N-dealkylation sites (tertiary alicyclic amines) is 1. The Hall–Kier alpha value is -0.0800. The van der Waals surface area contributed by atoms with Gasteiger partial charge in [0.15, 0.2) is 0 Å². The summed E-state index contributed by atoms with van der Waals surface area (Å²) in [6.45, 7) is 4.82. The van der Waals surface area contributed by atoms with Gasteiger partial charge in [0.05, 0.1) is 6.10 Å². The van der Waals surface area contributed by atoms with Crippen molar-refractivity contribution < 1.29 is 5.11 Å². The lowest BCUT2D eigenvalue weighted by molar-refractivity contribution is -0.00598. The summed E-state index contributed by atoms with van der Waals surface area (Å²) in [6.07, 6.45) is 12.9. The maximum atomic E-state index is 10.3. The van der Waals surface area contributed by atoms with Gasteiger partial charge in [-0.1, -0.05) is 39.0 Å². The molecule has 2 heteroatoms. The molecule has 1 saturated heterocycles. The first-order chi connectivity index (χ1) is 8.83. The van der Waals surface area contributed by atoms with Crippen molar-refractivity contribution in [2.45, 2.75) is 83.3 Å². The molecule has 2 nitrogen and oxygen atoms in total. The highest BCUT2D eigenvalue weighted by molar-refractivity contribution is 4.88. The molecule has 2 fully saturated rings. The Morgan fingerprint density at radius 3 is 2.56 bits per heavy atom. The fourth-order valence-electron chi connectivity index (χ4n) is 3.93. The Balaban J connectivity index is 1.89. The fourth-order valence-corrected chi connectivity index (χ4v) is 3.93. The second-order valence-electron chi connectivity index (χ2n) is 6.32. The van der Waals surface area contributed by atoms with Gasteiger partial charge in [-0.2, -0.15) is 0 Å². The fraction of sp³-hybridized carbons (Fsp3) is 1.00. The summed E-state index contributed by atoms with van der Waals surface area (Å²) in [5.41, 5.74) is 0. The Labute approximate surface area is 113 Å². The topological polar surface area (TPSA) is 23.5 Å². The summed E-state index contributed by atoms with van der Waals surface area (Å²) in [4.78, 5) is 2.71. The molecule has 3 atom stereocenters. The largest absolute Gasteiger partial charge is 0.393 e. The number of unbranched alkanes of at least 4 members (excludes halogenated alkanes) is 2. The van der Waals surface area contributed by atoms with Crippen molar-refractivity contribution in [2.24, 2.45) is 5.92 Å². The second-order valence-corrected chi connectivity index (χ2v) is 6.32. The van der Waals surface area contributed by atoms with E-state index in [0.29, 0.717) is 12.0 Å². The minimum Gasteiger partial charge on any atom is -0.393 e. The third-order valence-corrected chi connectivity index (χ3v) is 4.99. The lowest BCUT2D eigenvalue weighted by atomic mass is 9.78. The Morgan fingerprint density at radius 1 is 1.00 bits per heavy atom. The molecule has 106 valence electrons. The summed E-state index contributed by atoms with van der Waals surface area (Å²) in [5, 5.41) is 10.3. The maximum Gasteiger partial charge on any atom is 0.0583 e. The van der Waals surface area contributed by atoms with E-state index in [2.05, 4.69) is 11.8 Å². The lowest BCUT2D eigenvalue weighted by Crippen LogP contribution is -2.48. The summed E-state index contributed by atoms with van der Waals surface area (Å²) in [5.74, 6) is 0.570. The molecule has 0 aromatic carbocycles. The molecule has 1 aliphatic carbocycles. The predicted octanol–water partition coefficient (Wildman–Crippen LogP) is 3.58. The Bertz CT molecular complexity index is 231. The Morgan fingerprint density at radius 2 is 1.78 bits per heavy atom. The lowest BCUT2D eigenvalue weighted by Gasteiger charge is -2.43. The molecule has 0 amide bonds. The van der Waals surface area contributed by atoms with Crippen LogP contribution in [0.3, 0.4) is 0 Å². The van der Waals surface area contributed by atoms with E-state index in [-0.39, 0.29) is 6.10 Å². The number of nitrogens with zero attached hydrogens (tertiary/aromatic N) is 1. The van der Waals surface area contributed by atoms with E-state index in [1.807, 2.05) is 0 Å². The molecule has 1 heterocycles. The summed E-state index contributed by atoms with van der Waals surface area (Å²) in [7, 11) is 0. The summed E-state index contributed by atoms with van der Waals surface area (Å²) >= 11 is 0. The van der Waals surface area contributed by atoms with E-state index in [1.54, 1.807) is 0 Å². The van der Waals surface area contributed by atoms with Crippen LogP contribution in [0.2, 0.25) is 0 Å². The van der Waals surface area contributed by atoms with E-state index in [0.717, 1.165) is 6.42 Å². The van der Waals surface area contributed by atoms with Gasteiger partial charge < -0.3 is 10.0 Å². The molecule has 0 bridgehead atoms. The average molecular weight is 253 g/mol. The molecule has 1 N–H and O–H groups in total. The van der Waals surface area contributed by atoms with Crippen LogP contribution in [0.1, 0.15) is 71.1 Å². The molecular weight excluding hydrogens is 222 g/mol. The summed E-state index contributed by atoms with van der Waals surface area (Å²) in [6, 6.07) is 0.686. The molecule has 1 aliphatic heterocycles. The smallest absolute Gasteiger partial charge is 0.0583 e. The first-order valence-electron chi connectivity index (χ1n) is 8.25. The molecule has 0 aromatic rings. The van der Waals surface area contributed by atoms with E-state index < -0.39 is 0 Å². The van der Waals surface area contributed by atoms with Crippen LogP contribution >= 0.6 is 0 Å². The molecule has 3 unspecified atom stereocenters. The SMILES string of the molecule is CCCCCN1CCCCC1C1CCCCC1O. The van der Waals surface area contributed by atoms with Crippen molar-refractivity contribution >= 4 is 0 Å². The van der Waals surface area contributed by atoms with Gasteiger partial charge in [-0.25, -0.2) is 0 Å². The molecule has 1 saturated carbocycles. The van der Waals surface area contributed by atoms with Crippen LogP contribution in [0.15, 0.2) is 0 Å². The minimum absolute atomic E-state index is 0.0180. The molecule has 0 aromatic heterocycles. The van der Waals surface area contributed by atoms with Gasteiger partial charge in [0.25, 0.3) is 0 Å². The van der Waals surface area contributed by atoms with Crippen molar-refractivity contribution in [3.63, 3.8) is 0 Å². The second kappa shape index (κ2) is 7.49. The van der Waals surface area contributed by atoms with Gasteiger partial charge in [0.1, 0.15) is 0 Å². The quantitative estimate of drug-likeness (QED) is 0.757. The number of piperidine rings is 1. The number of hydrogen-bond donors (Lipinski definition) is 1. The van der Waals surface area contributed by atoms with Gasteiger partial charge >= 0.3 is 0 Å². The van der Waals surface area contributed by atoms with E-state index in [1.165, 1.54) is 70.9 Å². The monoisotopic (exact) mass is 253 g/mol. The number of rotatable bonds is 5. The Kier molecular flexibility index (Phi) is 5.97. The van der Waals surface area contributed by atoms with Crippen molar-refractivity contribution in [3.05, 3.63) is 0 Å². The van der Waals surface area contributed by atoms with Gasteiger partial charge in [0, 0.05) is 12.0 Å². The zero-order chi connectivity index (χ0) is 12.8. The minimum atomic E-state index is -0.0180. The van der Waals surface area contributed by atoms with Gasteiger partial charge in [-0.05, 0) is 45.2 Å². The van der Waals surface area contributed by atoms with E-state index in [4.69, 9.17) is 0 Å². The van der Waals surface area contributed by atoms with Gasteiger partial charge in [0.2, 0.25) is 0 Å². The highest BCUT2D eigenvalue weighted by atomic mass is 16.3. The van der Waals surface area contributed by atoms with Crippen LogP contribution in [0.4, 0.5) is 0 Å². The molecule has 2 rings (SSSR count). The van der Waals surface area contributed by atoms with E-state index >= 15 is 0 Å². The van der Waals surface area contributed by atoms with Crippen molar-refractivity contribution in [3.8, 4) is 0 Å². The highest BCUT2D eigenvalue weighted by Gasteiger charge is 2.35.